The number of ether oxygens (including phenoxy) is 2. The van der Waals surface area contributed by atoms with Crippen LogP contribution in [0.15, 0.2) is 12.7 Å². The minimum Gasteiger partial charge on any atom is -0.471 e. The molecule has 0 spiro atoms. The molecule has 0 unspecified atom stereocenters. The van der Waals surface area contributed by atoms with Crippen LogP contribution < -0.4 is 0 Å². The zero-order chi connectivity index (χ0) is 15.9. The predicted octanol–water partition coefficient (Wildman–Crippen LogP) is 1.69. The van der Waals surface area contributed by atoms with E-state index >= 15 is 0 Å². The van der Waals surface area contributed by atoms with Gasteiger partial charge in [0, 0.05) is 25.6 Å². The zero-order valence-electron chi connectivity index (χ0n) is 12.7. The second-order valence-corrected chi connectivity index (χ2v) is 4.60. The fraction of sp³-hybridized carbons (Fsp3) is 0.667. The van der Waals surface area contributed by atoms with E-state index in [9.17, 15) is 9.59 Å². The van der Waals surface area contributed by atoms with Gasteiger partial charge in [0.1, 0.15) is 0 Å². The van der Waals surface area contributed by atoms with E-state index in [2.05, 4.69) is 11.3 Å². The van der Waals surface area contributed by atoms with E-state index in [1.54, 1.807) is 0 Å². The summed E-state index contributed by atoms with van der Waals surface area (Å²) in [5.74, 6) is -0.0578. The molecule has 1 fully saturated rings. The van der Waals surface area contributed by atoms with E-state index < -0.39 is 0 Å². The molecule has 0 aliphatic carbocycles. The molecule has 0 aromatic heterocycles. The summed E-state index contributed by atoms with van der Waals surface area (Å²) >= 11 is 0. The summed E-state index contributed by atoms with van der Waals surface area (Å²) in [6, 6.07) is 0. The monoisotopic (exact) mass is 299 g/mol. The third-order valence-electron chi connectivity index (χ3n) is 3.00. The number of esters is 1. The Morgan fingerprint density at radius 3 is 2.52 bits per heavy atom. The van der Waals surface area contributed by atoms with Gasteiger partial charge in [0.2, 0.25) is 5.91 Å². The van der Waals surface area contributed by atoms with Gasteiger partial charge in [0.15, 0.2) is 0 Å². The molecule has 0 N–H and O–H groups in total. The normalized spacial score (nSPS) is 13.2. The number of nitrogens with zero attached hydrogens (tertiary/aromatic N) is 1. The highest BCUT2D eigenvalue weighted by Crippen LogP contribution is 2.11. The van der Waals surface area contributed by atoms with E-state index in [1.807, 2.05) is 4.90 Å². The number of hydrogen-bond donors (Lipinski definition) is 0. The summed E-state index contributed by atoms with van der Waals surface area (Å²) in [5, 5.41) is 0. The molecule has 1 heterocycles. The van der Waals surface area contributed by atoms with Crippen molar-refractivity contribution in [3.63, 3.8) is 0 Å². The van der Waals surface area contributed by atoms with Crippen LogP contribution in [-0.4, -0.2) is 50.1 Å². The molecule has 21 heavy (non-hydrogen) atoms. The molecule has 1 aliphatic rings. The number of unbranched alkanes of at least 4 members (excludes halogenated alkanes) is 3. The fourth-order valence-corrected chi connectivity index (χ4v) is 1.93. The molecule has 120 valence electrons. The molecule has 1 aliphatic heterocycles. The maximum absolute atomic E-state index is 11.3. The standard InChI is InChI=1S/C13H21NO3.C2H4O2/c1-2-13(16)17-11-6-4-3-5-9-14-10-7-8-12(14)15;1-4-2-3/h2H,1,3-11H2;2H,1H3. The number of methoxy groups -OCH3 is 1. The minimum atomic E-state index is -0.354. The molecule has 0 aromatic carbocycles. The van der Waals surface area contributed by atoms with Crippen LogP contribution in [0.4, 0.5) is 0 Å². The highest BCUT2D eigenvalue weighted by atomic mass is 16.5. The third kappa shape index (κ3) is 10.6. The van der Waals surface area contributed by atoms with Gasteiger partial charge in [-0.15, -0.1) is 0 Å². The van der Waals surface area contributed by atoms with Crippen LogP contribution in [0.1, 0.15) is 38.5 Å². The lowest BCUT2D eigenvalue weighted by Crippen LogP contribution is -2.25. The lowest BCUT2D eigenvalue weighted by Gasteiger charge is -2.14. The lowest BCUT2D eigenvalue weighted by atomic mass is 10.2. The Bertz CT molecular complexity index is 330. The largest absolute Gasteiger partial charge is 0.471 e. The number of amides is 1. The van der Waals surface area contributed by atoms with Crippen molar-refractivity contribution in [2.45, 2.75) is 38.5 Å². The number of carbonyl (C=O) groups is 3. The van der Waals surface area contributed by atoms with Crippen molar-refractivity contribution in [3.8, 4) is 0 Å². The van der Waals surface area contributed by atoms with Crippen LogP contribution >= 0.6 is 0 Å². The first kappa shape index (κ1) is 19.1. The maximum atomic E-state index is 11.3. The average molecular weight is 299 g/mol. The highest BCUT2D eigenvalue weighted by molar-refractivity contribution is 5.81. The molecular weight excluding hydrogens is 274 g/mol. The lowest BCUT2D eigenvalue weighted by molar-refractivity contribution is -0.138. The van der Waals surface area contributed by atoms with E-state index in [1.165, 1.54) is 13.2 Å². The molecule has 1 saturated heterocycles. The second kappa shape index (κ2) is 13.1. The van der Waals surface area contributed by atoms with Gasteiger partial charge in [0.25, 0.3) is 6.47 Å². The van der Waals surface area contributed by atoms with Gasteiger partial charge < -0.3 is 14.4 Å². The van der Waals surface area contributed by atoms with Gasteiger partial charge in [-0.25, -0.2) is 4.79 Å². The molecule has 1 amide bonds. The quantitative estimate of drug-likeness (QED) is 0.280. The summed E-state index contributed by atoms with van der Waals surface area (Å²) in [6.07, 6.45) is 6.95. The Hall–Kier alpha value is -1.85. The maximum Gasteiger partial charge on any atom is 0.330 e. The molecule has 0 aromatic rings. The third-order valence-corrected chi connectivity index (χ3v) is 3.00. The molecule has 0 bridgehead atoms. The van der Waals surface area contributed by atoms with Crippen LogP contribution in [0.2, 0.25) is 0 Å². The number of rotatable bonds is 9. The van der Waals surface area contributed by atoms with Gasteiger partial charge in [-0.3, -0.25) is 9.59 Å². The van der Waals surface area contributed by atoms with Crippen molar-refractivity contribution in [3.05, 3.63) is 12.7 Å². The summed E-state index contributed by atoms with van der Waals surface area (Å²) in [6.45, 7) is 5.98. The van der Waals surface area contributed by atoms with Gasteiger partial charge in [0.05, 0.1) is 13.7 Å². The van der Waals surface area contributed by atoms with Crippen molar-refractivity contribution in [2.24, 2.45) is 0 Å². The first-order valence-electron chi connectivity index (χ1n) is 7.19. The van der Waals surface area contributed by atoms with E-state index in [4.69, 9.17) is 9.53 Å². The molecule has 6 heteroatoms. The van der Waals surface area contributed by atoms with Crippen LogP contribution in [-0.2, 0) is 23.9 Å². The Labute approximate surface area is 126 Å². The number of hydrogen-bond acceptors (Lipinski definition) is 5. The Balaban J connectivity index is 0.000000885. The van der Waals surface area contributed by atoms with Gasteiger partial charge in [-0.2, -0.15) is 0 Å². The Morgan fingerprint density at radius 1 is 1.33 bits per heavy atom. The molecule has 6 nitrogen and oxygen atoms in total. The molecule has 0 radical (unpaired) electrons. The van der Waals surface area contributed by atoms with Crippen molar-refractivity contribution in [2.75, 3.05) is 26.8 Å². The Morgan fingerprint density at radius 2 is 2.00 bits per heavy atom. The topological polar surface area (TPSA) is 72.9 Å². The molecule has 1 rings (SSSR count). The van der Waals surface area contributed by atoms with Crippen LogP contribution in [0.3, 0.4) is 0 Å². The van der Waals surface area contributed by atoms with Crippen molar-refractivity contribution in [1.82, 2.24) is 4.90 Å². The summed E-state index contributed by atoms with van der Waals surface area (Å²) in [4.78, 5) is 32.9. The SMILES string of the molecule is C=CC(=O)OCCCCCCN1CCCC1=O.COC=O. The van der Waals surface area contributed by atoms with E-state index in [0.717, 1.165) is 51.6 Å². The number of carbonyl (C=O) groups excluding carboxylic acids is 3. The fourth-order valence-electron chi connectivity index (χ4n) is 1.93. The minimum absolute atomic E-state index is 0.296. The van der Waals surface area contributed by atoms with E-state index in [0.29, 0.717) is 19.0 Å². The number of likely N-dealkylation sites (tertiary alicyclic amines) is 1. The highest BCUT2D eigenvalue weighted by Gasteiger charge is 2.18. The van der Waals surface area contributed by atoms with E-state index in [-0.39, 0.29) is 5.97 Å². The van der Waals surface area contributed by atoms with Crippen LogP contribution in [0.5, 0.6) is 0 Å². The summed E-state index contributed by atoms with van der Waals surface area (Å²) < 4.78 is 8.73. The Kier molecular flexibility index (Phi) is 12.0. The van der Waals surface area contributed by atoms with Crippen LogP contribution in [0.25, 0.3) is 0 Å². The van der Waals surface area contributed by atoms with Crippen molar-refractivity contribution >= 4 is 18.3 Å². The first-order chi connectivity index (χ1) is 10.2. The zero-order valence-corrected chi connectivity index (χ0v) is 12.7. The van der Waals surface area contributed by atoms with Crippen molar-refractivity contribution in [1.29, 1.82) is 0 Å². The smallest absolute Gasteiger partial charge is 0.330 e. The first-order valence-corrected chi connectivity index (χ1v) is 7.19. The van der Waals surface area contributed by atoms with Gasteiger partial charge in [-0.05, 0) is 25.7 Å². The molecular formula is C15H25NO5. The summed E-state index contributed by atoms with van der Waals surface area (Å²) in [7, 11) is 1.31. The average Bonchev–Trinajstić information content (AvgIpc) is 2.91. The molecule has 0 atom stereocenters. The summed E-state index contributed by atoms with van der Waals surface area (Å²) in [5.41, 5.74) is 0. The van der Waals surface area contributed by atoms with Gasteiger partial charge >= 0.3 is 5.97 Å². The van der Waals surface area contributed by atoms with Crippen molar-refractivity contribution < 1.29 is 23.9 Å². The van der Waals surface area contributed by atoms with Gasteiger partial charge in [-0.1, -0.05) is 13.0 Å². The van der Waals surface area contributed by atoms with Crippen LogP contribution in [0, 0.1) is 0 Å². The second-order valence-electron chi connectivity index (χ2n) is 4.60. The predicted molar refractivity (Wildman–Crippen MR) is 78.5 cm³/mol. The molecule has 0 saturated carbocycles.